The fourth-order valence-corrected chi connectivity index (χ4v) is 2.71. The zero-order chi connectivity index (χ0) is 10.6. The van der Waals surface area contributed by atoms with Gasteiger partial charge in [0.05, 0.1) is 11.7 Å². The molecule has 1 aliphatic rings. The van der Waals surface area contributed by atoms with Gasteiger partial charge >= 0.3 is 6.18 Å². The standard InChI is InChI=1S/C9H13F3OS/c10-9(11,12)5-4-7(13)8-3-1-2-6-14-8/h8H,1-6H2. The van der Waals surface area contributed by atoms with Crippen molar-refractivity contribution in [2.45, 2.75) is 43.5 Å². The van der Waals surface area contributed by atoms with E-state index in [-0.39, 0.29) is 17.5 Å². The highest BCUT2D eigenvalue weighted by atomic mass is 32.2. The number of carbonyl (C=O) groups excluding carboxylic acids is 1. The number of Topliss-reactive ketones (excluding diaryl/α,β-unsaturated/α-hetero) is 1. The van der Waals surface area contributed by atoms with Crippen molar-refractivity contribution in [1.29, 1.82) is 0 Å². The molecule has 0 bridgehead atoms. The first-order valence-electron chi connectivity index (χ1n) is 4.70. The van der Waals surface area contributed by atoms with Gasteiger partial charge in [-0.2, -0.15) is 24.9 Å². The van der Waals surface area contributed by atoms with Crippen molar-refractivity contribution < 1.29 is 18.0 Å². The lowest BCUT2D eigenvalue weighted by atomic mass is 10.1. The van der Waals surface area contributed by atoms with Gasteiger partial charge in [0.2, 0.25) is 0 Å². The molecule has 1 fully saturated rings. The minimum Gasteiger partial charge on any atom is -0.298 e. The summed E-state index contributed by atoms with van der Waals surface area (Å²) in [7, 11) is 0. The minimum absolute atomic E-state index is 0.175. The highest BCUT2D eigenvalue weighted by Gasteiger charge is 2.30. The molecule has 0 amide bonds. The summed E-state index contributed by atoms with van der Waals surface area (Å²) in [5.41, 5.74) is 0. The predicted molar refractivity (Wildman–Crippen MR) is 50.4 cm³/mol. The highest BCUT2D eigenvalue weighted by molar-refractivity contribution is 8.00. The molecule has 14 heavy (non-hydrogen) atoms. The average molecular weight is 226 g/mol. The van der Waals surface area contributed by atoms with Crippen LogP contribution in [0.3, 0.4) is 0 Å². The van der Waals surface area contributed by atoms with Crippen LogP contribution in [0.15, 0.2) is 0 Å². The SMILES string of the molecule is O=C(CCC(F)(F)F)C1CCCCS1. The Morgan fingerprint density at radius 1 is 1.36 bits per heavy atom. The lowest BCUT2D eigenvalue weighted by Crippen LogP contribution is -2.22. The van der Waals surface area contributed by atoms with E-state index in [1.807, 2.05) is 0 Å². The summed E-state index contributed by atoms with van der Waals surface area (Å²) < 4.78 is 35.5. The second-order valence-electron chi connectivity index (χ2n) is 3.44. The molecule has 1 aliphatic heterocycles. The van der Waals surface area contributed by atoms with Crippen LogP contribution in [-0.2, 0) is 4.79 Å². The monoisotopic (exact) mass is 226 g/mol. The Hall–Kier alpha value is -0.190. The van der Waals surface area contributed by atoms with Crippen molar-refractivity contribution in [2.75, 3.05) is 5.75 Å². The van der Waals surface area contributed by atoms with Crippen LogP contribution >= 0.6 is 11.8 Å². The minimum atomic E-state index is -4.20. The van der Waals surface area contributed by atoms with E-state index >= 15 is 0 Å². The summed E-state index contributed by atoms with van der Waals surface area (Å²) in [6.45, 7) is 0. The Balaban J connectivity index is 2.27. The fraction of sp³-hybridized carbons (Fsp3) is 0.889. The summed E-state index contributed by atoms with van der Waals surface area (Å²) in [6, 6.07) is 0. The maximum Gasteiger partial charge on any atom is 0.389 e. The van der Waals surface area contributed by atoms with E-state index in [9.17, 15) is 18.0 Å². The molecule has 0 N–H and O–H groups in total. The molecule has 0 aromatic rings. The molecule has 82 valence electrons. The molecule has 1 heterocycles. The van der Waals surface area contributed by atoms with Crippen LogP contribution in [0, 0.1) is 0 Å². The second-order valence-corrected chi connectivity index (χ2v) is 4.75. The summed E-state index contributed by atoms with van der Waals surface area (Å²) in [5.74, 6) is 0.676. The second kappa shape index (κ2) is 5.05. The van der Waals surface area contributed by atoms with Crippen molar-refractivity contribution in [2.24, 2.45) is 0 Å². The lowest BCUT2D eigenvalue weighted by Gasteiger charge is -2.20. The molecule has 0 aromatic heterocycles. The number of halogens is 3. The van der Waals surface area contributed by atoms with Crippen LogP contribution in [-0.4, -0.2) is 23.0 Å². The average Bonchev–Trinajstić information content (AvgIpc) is 2.14. The van der Waals surface area contributed by atoms with Crippen molar-refractivity contribution in [1.82, 2.24) is 0 Å². The molecule has 0 radical (unpaired) electrons. The molecule has 1 saturated heterocycles. The van der Waals surface area contributed by atoms with E-state index in [1.165, 1.54) is 11.8 Å². The highest BCUT2D eigenvalue weighted by Crippen LogP contribution is 2.29. The Kier molecular flexibility index (Phi) is 4.29. The van der Waals surface area contributed by atoms with Gasteiger partial charge in [0.1, 0.15) is 5.78 Å². The zero-order valence-corrected chi connectivity index (χ0v) is 8.59. The van der Waals surface area contributed by atoms with Crippen molar-refractivity contribution in [3.05, 3.63) is 0 Å². The molecule has 1 rings (SSSR count). The molecule has 0 saturated carbocycles. The van der Waals surface area contributed by atoms with E-state index in [2.05, 4.69) is 0 Å². The number of hydrogen-bond acceptors (Lipinski definition) is 2. The molecular formula is C9H13F3OS. The van der Waals surface area contributed by atoms with E-state index in [1.54, 1.807) is 0 Å². The summed E-state index contributed by atoms with van der Waals surface area (Å²) >= 11 is 1.50. The van der Waals surface area contributed by atoms with Crippen LogP contribution < -0.4 is 0 Å². The smallest absolute Gasteiger partial charge is 0.298 e. The van der Waals surface area contributed by atoms with E-state index < -0.39 is 12.6 Å². The third-order valence-electron chi connectivity index (χ3n) is 2.19. The summed E-state index contributed by atoms with van der Waals surface area (Å²) in [4.78, 5) is 11.3. The van der Waals surface area contributed by atoms with E-state index in [4.69, 9.17) is 0 Å². The predicted octanol–water partition coefficient (Wildman–Crippen LogP) is 3.18. The summed E-state index contributed by atoms with van der Waals surface area (Å²) in [6.07, 6.45) is -2.72. The maximum atomic E-state index is 11.8. The number of ketones is 1. The van der Waals surface area contributed by atoms with Gasteiger partial charge < -0.3 is 0 Å². The van der Waals surface area contributed by atoms with E-state index in [0.29, 0.717) is 0 Å². The van der Waals surface area contributed by atoms with Gasteiger partial charge in [-0.1, -0.05) is 6.42 Å². The molecule has 0 aromatic carbocycles. The Morgan fingerprint density at radius 2 is 2.07 bits per heavy atom. The quantitative estimate of drug-likeness (QED) is 0.735. The topological polar surface area (TPSA) is 17.1 Å². The number of alkyl halides is 3. The Labute approximate surface area is 85.4 Å². The fourth-order valence-electron chi connectivity index (χ4n) is 1.42. The number of thioether (sulfide) groups is 1. The lowest BCUT2D eigenvalue weighted by molar-refractivity contribution is -0.143. The van der Waals surface area contributed by atoms with Gasteiger partial charge in [-0.05, 0) is 18.6 Å². The van der Waals surface area contributed by atoms with Crippen LogP contribution in [0.25, 0.3) is 0 Å². The first-order chi connectivity index (χ1) is 6.49. The summed E-state index contributed by atoms with van der Waals surface area (Å²) in [5, 5.41) is -0.175. The van der Waals surface area contributed by atoms with Gasteiger partial charge in [0.15, 0.2) is 0 Å². The zero-order valence-electron chi connectivity index (χ0n) is 7.77. The van der Waals surface area contributed by atoms with E-state index in [0.717, 1.165) is 25.0 Å². The maximum absolute atomic E-state index is 11.8. The molecule has 0 spiro atoms. The third-order valence-corrected chi connectivity index (χ3v) is 3.62. The molecule has 5 heteroatoms. The van der Waals surface area contributed by atoms with Crippen LogP contribution in [0.2, 0.25) is 0 Å². The van der Waals surface area contributed by atoms with Crippen molar-refractivity contribution >= 4 is 17.5 Å². The van der Waals surface area contributed by atoms with Crippen LogP contribution in [0.5, 0.6) is 0 Å². The molecule has 1 atom stereocenters. The molecular weight excluding hydrogens is 213 g/mol. The Morgan fingerprint density at radius 3 is 2.57 bits per heavy atom. The van der Waals surface area contributed by atoms with Gasteiger partial charge in [-0.3, -0.25) is 4.79 Å². The third kappa shape index (κ3) is 4.35. The van der Waals surface area contributed by atoms with Gasteiger partial charge in [0.25, 0.3) is 0 Å². The number of carbonyl (C=O) groups is 1. The largest absolute Gasteiger partial charge is 0.389 e. The van der Waals surface area contributed by atoms with Crippen LogP contribution in [0.1, 0.15) is 32.1 Å². The van der Waals surface area contributed by atoms with Gasteiger partial charge in [-0.15, -0.1) is 0 Å². The van der Waals surface area contributed by atoms with Crippen molar-refractivity contribution in [3.8, 4) is 0 Å². The first kappa shape index (κ1) is 11.9. The Bertz CT molecular complexity index is 197. The molecule has 1 nitrogen and oxygen atoms in total. The van der Waals surface area contributed by atoms with Gasteiger partial charge in [0, 0.05) is 6.42 Å². The number of hydrogen-bond donors (Lipinski definition) is 0. The number of rotatable bonds is 3. The normalized spacial score (nSPS) is 23.5. The van der Waals surface area contributed by atoms with Crippen LogP contribution in [0.4, 0.5) is 13.2 Å². The first-order valence-corrected chi connectivity index (χ1v) is 5.75. The van der Waals surface area contributed by atoms with Gasteiger partial charge in [-0.25, -0.2) is 0 Å². The molecule has 1 unspecified atom stereocenters. The van der Waals surface area contributed by atoms with Crippen molar-refractivity contribution in [3.63, 3.8) is 0 Å². The molecule has 0 aliphatic carbocycles.